The fourth-order valence-electron chi connectivity index (χ4n) is 3.90. The van der Waals surface area contributed by atoms with Crippen LogP contribution in [0.4, 0.5) is 5.69 Å². The number of fused-ring (bicyclic) bond motifs is 1. The van der Waals surface area contributed by atoms with E-state index < -0.39 is 5.60 Å². The van der Waals surface area contributed by atoms with E-state index in [-0.39, 0.29) is 12.5 Å². The number of carbonyl (C=O) groups is 1. The minimum absolute atomic E-state index is 0.0367. The average molecular weight is 391 g/mol. The van der Waals surface area contributed by atoms with Crippen molar-refractivity contribution in [2.24, 2.45) is 7.05 Å². The zero-order valence-corrected chi connectivity index (χ0v) is 16.9. The van der Waals surface area contributed by atoms with Crippen LogP contribution in [0.5, 0.6) is 0 Å². The van der Waals surface area contributed by atoms with E-state index in [2.05, 4.69) is 25.1 Å². The summed E-state index contributed by atoms with van der Waals surface area (Å²) in [6.45, 7) is 2.12. The van der Waals surface area contributed by atoms with Gasteiger partial charge in [0.25, 0.3) is 5.91 Å². The Bertz CT molecular complexity index is 1080. The molecule has 142 valence electrons. The standard InChI is InChI=1S/C22H21N3O2S/c1-4-22(20-6-5-11-28-20)17-12-15(18-10-8-16(13-23)24(18)2)7-9-19(17)25(3)21(26)14-27-22/h5-12H,4,14H2,1-3H3. The summed E-state index contributed by atoms with van der Waals surface area (Å²) in [6.07, 6.45) is 0.710. The summed E-state index contributed by atoms with van der Waals surface area (Å²) >= 11 is 1.64. The lowest BCUT2D eigenvalue weighted by Crippen LogP contribution is -2.31. The second kappa shape index (κ2) is 6.93. The molecule has 1 aliphatic heterocycles. The summed E-state index contributed by atoms with van der Waals surface area (Å²) < 4.78 is 8.18. The second-order valence-electron chi connectivity index (χ2n) is 6.91. The molecule has 1 aliphatic rings. The third-order valence-electron chi connectivity index (χ3n) is 5.56. The van der Waals surface area contributed by atoms with Gasteiger partial charge in [-0.2, -0.15) is 5.26 Å². The molecule has 28 heavy (non-hydrogen) atoms. The number of thiophene rings is 1. The van der Waals surface area contributed by atoms with Crippen LogP contribution in [0.15, 0.2) is 47.8 Å². The van der Waals surface area contributed by atoms with Crippen molar-refractivity contribution in [3.05, 3.63) is 64.0 Å². The van der Waals surface area contributed by atoms with Gasteiger partial charge in [-0.1, -0.05) is 19.1 Å². The quantitative estimate of drug-likeness (QED) is 0.670. The third kappa shape index (κ3) is 2.67. The number of nitriles is 1. The first-order valence-corrected chi connectivity index (χ1v) is 10.0. The first kappa shape index (κ1) is 18.5. The van der Waals surface area contributed by atoms with Crippen molar-refractivity contribution in [3.63, 3.8) is 0 Å². The molecule has 4 rings (SSSR count). The Hall–Kier alpha value is -2.88. The average Bonchev–Trinajstić information content (AvgIpc) is 3.36. The third-order valence-corrected chi connectivity index (χ3v) is 6.57. The van der Waals surface area contributed by atoms with Crippen LogP contribution in [0.3, 0.4) is 0 Å². The van der Waals surface area contributed by atoms with Gasteiger partial charge in [-0.3, -0.25) is 4.79 Å². The van der Waals surface area contributed by atoms with E-state index in [1.54, 1.807) is 23.3 Å². The fourth-order valence-corrected chi connectivity index (χ4v) is 4.86. The fraction of sp³-hybridized carbons (Fsp3) is 0.273. The number of hydrogen-bond donors (Lipinski definition) is 0. The SMILES string of the molecule is CCC1(c2cccs2)OCC(=O)N(C)c2ccc(-c3ccc(C#N)n3C)cc21. The molecule has 6 heteroatoms. The number of aromatic nitrogens is 1. The number of likely N-dealkylation sites (N-methyl/N-ethyl adjacent to an activating group) is 1. The van der Waals surface area contributed by atoms with Gasteiger partial charge in [0.2, 0.25) is 0 Å². The zero-order chi connectivity index (χ0) is 19.9. The number of nitrogens with zero attached hydrogens (tertiary/aromatic N) is 3. The topological polar surface area (TPSA) is 58.3 Å². The van der Waals surface area contributed by atoms with Crippen LogP contribution in [0, 0.1) is 11.3 Å². The monoisotopic (exact) mass is 391 g/mol. The first-order valence-electron chi connectivity index (χ1n) is 9.17. The molecular formula is C22H21N3O2S. The van der Waals surface area contributed by atoms with Crippen molar-refractivity contribution in [2.45, 2.75) is 18.9 Å². The number of amides is 1. The maximum atomic E-state index is 12.6. The van der Waals surface area contributed by atoms with Gasteiger partial charge in [0.05, 0.1) is 0 Å². The number of rotatable bonds is 3. The first-order chi connectivity index (χ1) is 13.5. The molecule has 0 spiro atoms. The Morgan fingerprint density at radius 3 is 2.71 bits per heavy atom. The summed E-state index contributed by atoms with van der Waals surface area (Å²) in [4.78, 5) is 15.3. The maximum Gasteiger partial charge on any atom is 0.252 e. The molecule has 0 saturated heterocycles. The highest BCUT2D eigenvalue weighted by molar-refractivity contribution is 7.10. The van der Waals surface area contributed by atoms with Crippen LogP contribution in [0.25, 0.3) is 11.3 Å². The Balaban J connectivity index is 1.97. The molecule has 5 nitrogen and oxygen atoms in total. The van der Waals surface area contributed by atoms with Gasteiger partial charge in [-0.15, -0.1) is 11.3 Å². The van der Waals surface area contributed by atoms with Gasteiger partial charge in [0, 0.05) is 35.9 Å². The van der Waals surface area contributed by atoms with Gasteiger partial charge >= 0.3 is 0 Å². The van der Waals surface area contributed by atoms with Crippen molar-refractivity contribution < 1.29 is 9.53 Å². The second-order valence-corrected chi connectivity index (χ2v) is 7.85. The van der Waals surface area contributed by atoms with Crippen molar-refractivity contribution >= 4 is 22.9 Å². The maximum absolute atomic E-state index is 12.6. The van der Waals surface area contributed by atoms with Crippen LogP contribution in [-0.2, 0) is 22.2 Å². The highest BCUT2D eigenvalue weighted by atomic mass is 32.1. The van der Waals surface area contributed by atoms with Crippen LogP contribution in [0.2, 0.25) is 0 Å². The summed E-state index contributed by atoms with van der Waals surface area (Å²) in [5.74, 6) is -0.0634. The Morgan fingerprint density at radius 2 is 2.07 bits per heavy atom. The van der Waals surface area contributed by atoms with Crippen molar-refractivity contribution in [2.75, 3.05) is 18.6 Å². The Morgan fingerprint density at radius 1 is 1.25 bits per heavy atom. The number of ether oxygens (including phenoxy) is 1. The lowest BCUT2D eigenvalue weighted by molar-refractivity contribution is -0.127. The van der Waals surface area contributed by atoms with E-state index in [1.807, 2.05) is 47.3 Å². The number of carbonyl (C=O) groups excluding carboxylic acids is 1. The Labute approximate surface area is 168 Å². The van der Waals surface area contributed by atoms with Gasteiger partial charge < -0.3 is 14.2 Å². The van der Waals surface area contributed by atoms with E-state index in [4.69, 9.17) is 4.74 Å². The molecule has 1 unspecified atom stereocenters. The van der Waals surface area contributed by atoms with Crippen LogP contribution < -0.4 is 4.90 Å². The van der Waals surface area contributed by atoms with E-state index in [0.717, 1.165) is 27.4 Å². The molecule has 0 N–H and O–H groups in total. The molecule has 1 atom stereocenters. The smallest absolute Gasteiger partial charge is 0.252 e. The Kier molecular flexibility index (Phi) is 4.58. The molecule has 0 aliphatic carbocycles. The molecule has 0 fully saturated rings. The summed E-state index contributed by atoms with van der Waals surface area (Å²) in [7, 11) is 3.68. The van der Waals surface area contributed by atoms with Crippen LogP contribution >= 0.6 is 11.3 Å². The summed E-state index contributed by atoms with van der Waals surface area (Å²) in [5, 5.41) is 11.3. The van der Waals surface area contributed by atoms with E-state index >= 15 is 0 Å². The molecule has 0 radical (unpaired) electrons. The highest BCUT2D eigenvalue weighted by Crippen LogP contribution is 2.46. The van der Waals surface area contributed by atoms with E-state index in [1.165, 1.54) is 0 Å². The molecule has 0 saturated carbocycles. The van der Waals surface area contributed by atoms with E-state index in [0.29, 0.717) is 12.1 Å². The minimum Gasteiger partial charge on any atom is -0.355 e. The molecular weight excluding hydrogens is 370 g/mol. The van der Waals surface area contributed by atoms with Gasteiger partial charge in [-0.05, 0) is 47.7 Å². The minimum atomic E-state index is -0.677. The molecule has 1 amide bonds. The van der Waals surface area contributed by atoms with Crippen LogP contribution in [0.1, 0.15) is 29.5 Å². The van der Waals surface area contributed by atoms with Gasteiger partial charge in [0.1, 0.15) is 24.0 Å². The lowest BCUT2D eigenvalue weighted by Gasteiger charge is -2.32. The predicted molar refractivity (Wildman–Crippen MR) is 110 cm³/mol. The predicted octanol–water partition coefficient (Wildman–Crippen LogP) is 4.27. The zero-order valence-electron chi connectivity index (χ0n) is 16.1. The number of anilines is 1. The van der Waals surface area contributed by atoms with Gasteiger partial charge in [-0.25, -0.2) is 0 Å². The summed E-state index contributed by atoms with van der Waals surface area (Å²) in [6, 6.07) is 16.1. The largest absolute Gasteiger partial charge is 0.355 e. The van der Waals surface area contributed by atoms with Gasteiger partial charge in [0.15, 0.2) is 0 Å². The summed E-state index contributed by atoms with van der Waals surface area (Å²) in [5.41, 5.74) is 3.70. The lowest BCUT2D eigenvalue weighted by atomic mass is 9.86. The van der Waals surface area contributed by atoms with Crippen molar-refractivity contribution in [1.29, 1.82) is 5.26 Å². The molecule has 0 bridgehead atoms. The van der Waals surface area contributed by atoms with E-state index in [9.17, 15) is 10.1 Å². The van der Waals surface area contributed by atoms with Crippen molar-refractivity contribution in [3.8, 4) is 17.3 Å². The number of benzene rings is 1. The molecule has 3 aromatic rings. The normalized spacial score (nSPS) is 19.2. The highest BCUT2D eigenvalue weighted by Gasteiger charge is 2.41. The molecule has 1 aromatic carbocycles. The number of hydrogen-bond acceptors (Lipinski definition) is 4. The van der Waals surface area contributed by atoms with Crippen LogP contribution in [-0.4, -0.2) is 24.1 Å². The molecule has 2 aromatic heterocycles. The molecule has 3 heterocycles. The van der Waals surface area contributed by atoms with Crippen molar-refractivity contribution in [1.82, 2.24) is 4.57 Å².